The number of hydrogen-bond acceptors (Lipinski definition) is 13. The standard InChI is InChI=1S/C28H25N5O4.C13H16O5.C7H6O3/c29-18-24-17-26(21-3-1-13-30-19-21)32-33(24)23-9-7-22(8-10-23)31-28(34)20-5-11-25(12-6-20)35-14-2-4-27-36-15-16-37-27;14-13(15)10-3-5-11(6-4-10)16-7-1-2-12-17-8-9-18-12;8-6-3-1-5(2-4-6)7(9)10/h1,3,5-13,17,19,27H,2,4,14-16H2,(H,31,34);3-6,12H,1-2,7-9H2,(H,14,15);1-4,8H,(H,9,10). The van der Waals surface area contributed by atoms with E-state index >= 15 is 0 Å². The van der Waals surface area contributed by atoms with E-state index in [-0.39, 0.29) is 35.4 Å². The fourth-order valence-electron chi connectivity index (χ4n) is 6.23. The summed E-state index contributed by atoms with van der Waals surface area (Å²) in [5, 5.41) is 42.9. The van der Waals surface area contributed by atoms with Crippen molar-refractivity contribution in [3.63, 3.8) is 0 Å². The van der Waals surface area contributed by atoms with E-state index < -0.39 is 11.9 Å². The number of nitrogens with one attached hydrogen (secondary N) is 1. The van der Waals surface area contributed by atoms with Gasteiger partial charge in [0, 0.05) is 48.1 Å². The lowest BCUT2D eigenvalue weighted by atomic mass is 10.2. The quantitative estimate of drug-likeness (QED) is 0.0685. The van der Waals surface area contributed by atoms with Crippen molar-refractivity contribution in [2.24, 2.45) is 0 Å². The summed E-state index contributed by atoms with van der Waals surface area (Å²) in [5.74, 6) is -0.701. The number of pyridine rings is 1. The first kappa shape index (κ1) is 46.9. The molecule has 0 radical (unpaired) electrons. The van der Waals surface area contributed by atoms with Gasteiger partial charge in [0.15, 0.2) is 12.6 Å². The maximum absolute atomic E-state index is 12.7. The highest BCUT2D eigenvalue weighted by Crippen LogP contribution is 2.23. The van der Waals surface area contributed by atoms with Crippen LogP contribution in [-0.2, 0) is 18.9 Å². The van der Waals surface area contributed by atoms with Crippen LogP contribution in [0.4, 0.5) is 5.69 Å². The van der Waals surface area contributed by atoms with Gasteiger partial charge in [-0.2, -0.15) is 10.4 Å². The molecule has 0 atom stereocenters. The Labute approximate surface area is 374 Å². The molecule has 0 unspecified atom stereocenters. The van der Waals surface area contributed by atoms with Gasteiger partial charge in [0.2, 0.25) is 0 Å². The summed E-state index contributed by atoms with van der Waals surface area (Å²) in [4.78, 5) is 37.7. The number of carboxylic acids is 2. The average Bonchev–Trinajstić information content (AvgIpc) is 4.15. The van der Waals surface area contributed by atoms with Gasteiger partial charge in [-0.1, -0.05) is 0 Å². The number of aromatic carboxylic acids is 2. The van der Waals surface area contributed by atoms with Gasteiger partial charge in [-0.3, -0.25) is 9.78 Å². The van der Waals surface area contributed by atoms with Crippen LogP contribution in [-0.4, -0.2) is 100 Å². The lowest BCUT2D eigenvalue weighted by Crippen LogP contribution is -2.12. The molecule has 17 nitrogen and oxygen atoms in total. The van der Waals surface area contributed by atoms with Gasteiger partial charge in [-0.05, 0) is 122 Å². The van der Waals surface area contributed by atoms with E-state index in [2.05, 4.69) is 21.5 Å². The Kier molecular flexibility index (Phi) is 17.5. The molecule has 2 aromatic heterocycles. The molecule has 1 amide bonds. The molecule has 336 valence electrons. The third-order valence-corrected chi connectivity index (χ3v) is 9.57. The third-order valence-electron chi connectivity index (χ3n) is 9.57. The number of benzene rings is 4. The van der Waals surface area contributed by atoms with Gasteiger partial charge < -0.3 is 49.1 Å². The van der Waals surface area contributed by atoms with Crippen molar-refractivity contribution in [2.45, 2.75) is 38.3 Å². The minimum absolute atomic E-state index is 0.0741. The number of carbonyl (C=O) groups is 3. The highest BCUT2D eigenvalue weighted by atomic mass is 16.7. The van der Waals surface area contributed by atoms with Gasteiger partial charge in [-0.25, -0.2) is 14.3 Å². The minimum Gasteiger partial charge on any atom is -0.508 e. The number of amides is 1. The van der Waals surface area contributed by atoms with Gasteiger partial charge in [0.05, 0.1) is 62.1 Å². The molecule has 0 saturated carbocycles. The van der Waals surface area contributed by atoms with Crippen molar-refractivity contribution in [1.29, 1.82) is 5.26 Å². The van der Waals surface area contributed by atoms with E-state index in [1.807, 2.05) is 12.1 Å². The third kappa shape index (κ3) is 14.7. The minimum atomic E-state index is -0.986. The normalized spacial score (nSPS) is 13.3. The number of carbonyl (C=O) groups excluding carboxylic acids is 1. The fraction of sp³-hybridized carbons (Fsp3) is 0.250. The number of carboxylic acid groups (broad SMARTS) is 2. The first-order valence-corrected chi connectivity index (χ1v) is 20.7. The van der Waals surface area contributed by atoms with E-state index in [1.54, 1.807) is 83.8 Å². The number of aromatic nitrogens is 3. The van der Waals surface area contributed by atoms with E-state index in [9.17, 15) is 19.6 Å². The molecule has 2 aliphatic heterocycles. The predicted octanol–water partition coefficient (Wildman–Crippen LogP) is 7.60. The summed E-state index contributed by atoms with van der Waals surface area (Å²) in [6, 6.07) is 33.5. The first-order valence-electron chi connectivity index (χ1n) is 20.7. The van der Waals surface area contributed by atoms with Crippen LogP contribution in [0.15, 0.2) is 128 Å². The van der Waals surface area contributed by atoms with E-state index in [0.717, 1.165) is 31.2 Å². The molecule has 2 fully saturated rings. The Bertz CT molecular complexity index is 2460. The maximum atomic E-state index is 12.7. The Balaban J connectivity index is 0.000000205. The lowest BCUT2D eigenvalue weighted by molar-refractivity contribution is -0.0495. The van der Waals surface area contributed by atoms with Gasteiger partial charge in [0.25, 0.3) is 5.91 Å². The molecule has 4 N–H and O–H groups in total. The second-order valence-electron chi connectivity index (χ2n) is 14.2. The fourth-order valence-corrected chi connectivity index (χ4v) is 6.23. The summed E-state index contributed by atoms with van der Waals surface area (Å²) < 4.78 is 34.2. The summed E-state index contributed by atoms with van der Waals surface area (Å²) in [7, 11) is 0. The molecule has 4 heterocycles. The van der Waals surface area contributed by atoms with Crippen LogP contribution in [0.25, 0.3) is 16.9 Å². The molecule has 6 aromatic rings. The van der Waals surface area contributed by atoms with Crippen LogP contribution in [0.3, 0.4) is 0 Å². The second-order valence-corrected chi connectivity index (χ2v) is 14.2. The van der Waals surface area contributed by atoms with E-state index in [1.165, 1.54) is 36.4 Å². The molecule has 4 aromatic carbocycles. The van der Waals surface area contributed by atoms with Crippen molar-refractivity contribution >= 4 is 23.5 Å². The maximum Gasteiger partial charge on any atom is 0.335 e. The summed E-state index contributed by atoms with van der Waals surface area (Å²) in [5.41, 5.74) is 4.17. The molecule has 17 heteroatoms. The number of nitriles is 1. The van der Waals surface area contributed by atoms with Crippen LogP contribution in [0.1, 0.15) is 62.5 Å². The molecule has 0 aliphatic carbocycles. The van der Waals surface area contributed by atoms with Crippen molar-refractivity contribution in [2.75, 3.05) is 45.0 Å². The number of aromatic hydroxyl groups is 1. The highest BCUT2D eigenvalue weighted by Gasteiger charge is 2.17. The van der Waals surface area contributed by atoms with Crippen LogP contribution < -0.4 is 14.8 Å². The van der Waals surface area contributed by atoms with Gasteiger partial charge in [-0.15, -0.1) is 0 Å². The molecule has 65 heavy (non-hydrogen) atoms. The Morgan fingerprint density at radius 2 is 1.22 bits per heavy atom. The topological polar surface area (TPSA) is 234 Å². The Morgan fingerprint density at radius 3 is 1.69 bits per heavy atom. The average molecular weight is 886 g/mol. The molecular weight excluding hydrogens is 839 g/mol. The molecule has 0 bridgehead atoms. The van der Waals surface area contributed by atoms with Crippen molar-refractivity contribution in [1.82, 2.24) is 14.8 Å². The van der Waals surface area contributed by atoms with Crippen molar-refractivity contribution < 1.29 is 58.1 Å². The smallest absolute Gasteiger partial charge is 0.335 e. The molecule has 8 rings (SSSR count). The van der Waals surface area contributed by atoms with Crippen LogP contribution in [0.2, 0.25) is 0 Å². The lowest BCUT2D eigenvalue weighted by Gasteiger charge is -2.10. The van der Waals surface area contributed by atoms with Crippen LogP contribution in [0.5, 0.6) is 17.2 Å². The number of anilines is 1. The van der Waals surface area contributed by atoms with Gasteiger partial charge in [0.1, 0.15) is 29.0 Å². The number of nitrogens with zero attached hydrogens (tertiary/aromatic N) is 4. The van der Waals surface area contributed by atoms with Crippen LogP contribution >= 0.6 is 0 Å². The van der Waals surface area contributed by atoms with Gasteiger partial charge >= 0.3 is 11.9 Å². The molecule has 0 spiro atoms. The summed E-state index contributed by atoms with van der Waals surface area (Å²) >= 11 is 0. The number of phenols is 1. The SMILES string of the molecule is N#Cc1cc(-c2cccnc2)nn1-c1ccc(NC(=O)c2ccc(OCCCC3OCCO3)cc2)cc1.O=C(O)c1ccc(O)cc1.O=C(O)c1ccc(OCCCC2OCCO2)cc1. The van der Waals surface area contributed by atoms with Crippen LogP contribution in [0, 0.1) is 11.3 Å². The summed E-state index contributed by atoms with van der Waals surface area (Å²) in [6.07, 6.45) is 6.44. The van der Waals surface area contributed by atoms with E-state index in [0.29, 0.717) is 79.5 Å². The highest BCUT2D eigenvalue weighted by molar-refractivity contribution is 6.04. The number of phenolic OH excluding ortho intramolecular Hbond substituents is 1. The van der Waals surface area contributed by atoms with E-state index in [4.69, 9.17) is 43.7 Å². The number of hydrogen-bond donors (Lipinski definition) is 4. The molecular formula is C48H47N5O12. The zero-order valence-electron chi connectivity index (χ0n) is 35.2. The summed E-state index contributed by atoms with van der Waals surface area (Å²) in [6.45, 7) is 3.76. The molecule has 2 saturated heterocycles. The number of ether oxygens (including phenoxy) is 6. The monoisotopic (exact) mass is 885 g/mol. The Morgan fingerprint density at radius 1 is 0.708 bits per heavy atom. The zero-order valence-corrected chi connectivity index (χ0v) is 35.2. The predicted molar refractivity (Wildman–Crippen MR) is 235 cm³/mol. The molecule has 2 aliphatic rings. The zero-order chi connectivity index (χ0) is 45.8. The van der Waals surface area contributed by atoms with Crippen molar-refractivity contribution in [3.05, 3.63) is 150 Å². The largest absolute Gasteiger partial charge is 0.508 e. The Hall–Kier alpha value is -7.62. The first-order chi connectivity index (χ1) is 31.6. The number of rotatable bonds is 16. The second kappa shape index (κ2) is 24.3. The van der Waals surface area contributed by atoms with Crippen molar-refractivity contribution in [3.8, 4) is 40.3 Å².